The number of ether oxygens (including phenoxy) is 2. The molecule has 0 saturated carbocycles. The second-order valence-corrected chi connectivity index (χ2v) is 4.25. The van der Waals surface area contributed by atoms with Gasteiger partial charge in [-0.3, -0.25) is 4.79 Å². The fraction of sp³-hybridized carbons (Fsp3) is 0.462. The third kappa shape index (κ3) is 3.94. The van der Waals surface area contributed by atoms with Crippen LogP contribution in [0.25, 0.3) is 0 Å². The van der Waals surface area contributed by atoms with Gasteiger partial charge in [0.2, 0.25) is 0 Å². The van der Waals surface area contributed by atoms with E-state index in [1.165, 1.54) is 0 Å². The molecule has 0 spiro atoms. The summed E-state index contributed by atoms with van der Waals surface area (Å²) in [4.78, 5) is 12.0. The summed E-state index contributed by atoms with van der Waals surface area (Å²) in [6, 6.07) is 8.24. The van der Waals surface area contributed by atoms with Crippen molar-refractivity contribution in [1.29, 1.82) is 0 Å². The van der Waals surface area contributed by atoms with Crippen LogP contribution in [0, 0.1) is 0 Å². The van der Waals surface area contributed by atoms with Crippen LogP contribution in [0.15, 0.2) is 30.3 Å². The number of nitrogens with two attached hydrogens (primary N) is 1. The highest BCUT2D eigenvalue weighted by atomic mass is 19.4. The molecule has 1 aromatic rings. The SMILES string of the molecule is COC(=O)C(CN)(COCC(F)(F)F)c1ccccc1. The summed E-state index contributed by atoms with van der Waals surface area (Å²) in [5, 5.41) is 0. The molecule has 7 heteroatoms. The average molecular weight is 291 g/mol. The van der Waals surface area contributed by atoms with E-state index in [0.717, 1.165) is 7.11 Å². The zero-order valence-corrected chi connectivity index (χ0v) is 10.9. The van der Waals surface area contributed by atoms with Crippen molar-refractivity contribution in [1.82, 2.24) is 0 Å². The van der Waals surface area contributed by atoms with Crippen LogP contribution < -0.4 is 5.73 Å². The summed E-state index contributed by atoms with van der Waals surface area (Å²) < 4.78 is 45.7. The molecule has 0 aromatic heterocycles. The van der Waals surface area contributed by atoms with Crippen LogP contribution in [0.1, 0.15) is 5.56 Å². The van der Waals surface area contributed by atoms with E-state index in [0.29, 0.717) is 5.56 Å². The predicted molar refractivity (Wildman–Crippen MR) is 66.1 cm³/mol. The lowest BCUT2D eigenvalue weighted by molar-refractivity contribution is -0.181. The molecule has 20 heavy (non-hydrogen) atoms. The third-order valence-electron chi connectivity index (χ3n) is 2.87. The monoisotopic (exact) mass is 291 g/mol. The number of esters is 1. The largest absolute Gasteiger partial charge is 0.468 e. The zero-order valence-electron chi connectivity index (χ0n) is 10.9. The van der Waals surface area contributed by atoms with E-state index in [4.69, 9.17) is 5.73 Å². The lowest BCUT2D eigenvalue weighted by atomic mass is 9.81. The molecule has 0 heterocycles. The van der Waals surface area contributed by atoms with E-state index in [1.807, 2.05) is 0 Å². The molecule has 1 aromatic carbocycles. The molecule has 0 saturated heterocycles. The highest BCUT2D eigenvalue weighted by Crippen LogP contribution is 2.26. The van der Waals surface area contributed by atoms with Crippen LogP contribution in [-0.4, -0.2) is 39.0 Å². The normalized spacial score (nSPS) is 14.7. The number of hydrogen-bond donors (Lipinski definition) is 1. The van der Waals surface area contributed by atoms with Gasteiger partial charge in [-0.2, -0.15) is 13.2 Å². The molecule has 0 fully saturated rings. The molecular weight excluding hydrogens is 275 g/mol. The summed E-state index contributed by atoms with van der Waals surface area (Å²) in [6.07, 6.45) is -4.47. The topological polar surface area (TPSA) is 61.5 Å². The van der Waals surface area contributed by atoms with Crippen molar-refractivity contribution in [3.8, 4) is 0 Å². The van der Waals surface area contributed by atoms with E-state index in [1.54, 1.807) is 30.3 Å². The van der Waals surface area contributed by atoms with Crippen molar-refractivity contribution in [3.05, 3.63) is 35.9 Å². The fourth-order valence-electron chi connectivity index (χ4n) is 1.81. The van der Waals surface area contributed by atoms with Gasteiger partial charge in [-0.05, 0) is 5.56 Å². The van der Waals surface area contributed by atoms with Crippen LogP contribution in [-0.2, 0) is 19.7 Å². The first-order chi connectivity index (χ1) is 9.35. The number of carbonyl (C=O) groups excluding carboxylic acids is 1. The molecular formula is C13H16F3NO3. The third-order valence-corrected chi connectivity index (χ3v) is 2.87. The lowest BCUT2D eigenvalue weighted by Gasteiger charge is -2.30. The average Bonchev–Trinajstić information content (AvgIpc) is 2.43. The Morgan fingerprint density at radius 1 is 1.20 bits per heavy atom. The number of rotatable bonds is 6. The zero-order chi connectivity index (χ0) is 15.2. The van der Waals surface area contributed by atoms with E-state index in [-0.39, 0.29) is 6.54 Å². The highest BCUT2D eigenvalue weighted by molar-refractivity contribution is 5.83. The predicted octanol–water partition coefficient (Wildman–Crippen LogP) is 1.63. The summed E-state index contributed by atoms with van der Waals surface area (Å²) in [5.41, 5.74) is 4.62. The van der Waals surface area contributed by atoms with Crippen molar-refractivity contribution in [3.63, 3.8) is 0 Å². The second kappa shape index (κ2) is 6.71. The Labute approximate surface area is 114 Å². The van der Waals surface area contributed by atoms with Crippen molar-refractivity contribution in [2.45, 2.75) is 11.6 Å². The van der Waals surface area contributed by atoms with Gasteiger partial charge in [-0.15, -0.1) is 0 Å². The molecule has 0 amide bonds. The number of halogens is 3. The van der Waals surface area contributed by atoms with E-state index in [2.05, 4.69) is 9.47 Å². The second-order valence-electron chi connectivity index (χ2n) is 4.25. The maximum Gasteiger partial charge on any atom is 0.411 e. The summed E-state index contributed by atoms with van der Waals surface area (Å²) >= 11 is 0. The van der Waals surface area contributed by atoms with Gasteiger partial charge in [0, 0.05) is 6.54 Å². The Morgan fingerprint density at radius 3 is 2.25 bits per heavy atom. The number of carbonyl (C=O) groups is 1. The molecule has 4 nitrogen and oxygen atoms in total. The number of alkyl halides is 3. The van der Waals surface area contributed by atoms with Crippen LogP contribution in [0.3, 0.4) is 0 Å². The Kier molecular flexibility index (Phi) is 5.52. The first-order valence-electron chi connectivity index (χ1n) is 5.84. The minimum atomic E-state index is -4.47. The molecule has 2 N–H and O–H groups in total. The van der Waals surface area contributed by atoms with Gasteiger partial charge in [-0.25, -0.2) is 0 Å². The Hall–Kier alpha value is -1.60. The standard InChI is InChI=1S/C13H16F3NO3/c1-19-11(18)12(7-17,8-20-9-13(14,15)16)10-5-3-2-4-6-10/h2-6H,7-9,17H2,1H3. The van der Waals surface area contributed by atoms with Gasteiger partial charge in [0.1, 0.15) is 12.0 Å². The van der Waals surface area contributed by atoms with Crippen LogP contribution in [0.4, 0.5) is 13.2 Å². The lowest BCUT2D eigenvalue weighted by Crippen LogP contribution is -2.48. The summed E-state index contributed by atoms with van der Waals surface area (Å²) in [5.74, 6) is -0.728. The van der Waals surface area contributed by atoms with Gasteiger partial charge >= 0.3 is 12.1 Å². The molecule has 112 valence electrons. The van der Waals surface area contributed by atoms with Gasteiger partial charge < -0.3 is 15.2 Å². The van der Waals surface area contributed by atoms with Gasteiger partial charge in [0.15, 0.2) is 0 Å². The Bertz CT molecular complexity index is 436. The van der Waals surface area contributed by atoms with Gasteiger partial charge in [0.05, 0.1) is 13.7 Å². The van der Waals surface area contributed by atoms with Crippen molar-refractivity contribution >= 4 is 5.97 Å². The van der Waals surface area contributed by atoms with Crippen molar-refractivity contribution in [2.75, 3.05) is 26.9 Å². The van der Waals surface area contributed by atoms with Crippen molar-refractivity contribution in [2.24, 2.45) is 5.73 Å². The van der Waals surface area contributed by atoms with Crippen LogP contribution >= 0.6 is 0 Å². The molecule has 0 bridgehead atoms. The maximum atomic E-state index is 12.1. The smallest absolute Gasteiger partial charge is 0.411 e. The molecule has 1 rings (SSSR count). The van der Waals surface area contributed by atoms with Crippen LogP contribution in [0.5, 0.6) is 0 Å². The first kappa shape index (κ1) is 16.5. The molecule has 0 aliphatic heterocycles. The fourth-order valence-corrected chi connectivity index (χ4v) is 1.81. The Morgan fingerprint density at radius 2 is 1.80 bits per heavy atom. The highest BCUT2D eigenvalue weighted by Gasteiger charge is 2.42. The number of hydrogen-bond acceptors (Lipinski definition) is 4. The summed E-state index contributed by atoms with van der Waals surface area (Å²) in [7, 11) is 1.15. The molecule has 1 atom stereocenters. The minimum absolute atomic E-state index is 0.221. The quantitative estimate of drug-likeness (QED) is 0.809. The van der Waals surface area contributed by atoms with Crippen LogP contribution in [0.2, 0.25) is 0 Å². The van der Waals surface area contributed by atoms with Gasteiger partial charge in [0.25, 0.3) is 0 Å². The molecule has 0 aliphatic carbocycles. The summed E-state index contributed by atoms with van der Waals surface area (Å²) in [6.45, 7) is -2.17. The maximum absolute atomic E-state index is 12.1. The van der Waals surface area contributed by atoms with E-state index in [9.17, 15) is 18.0 Å². The number of methoxy groups -OCH3 is 1. The van der Waals surface area contributed by atoms with E-state index < -0.39 is 30.8 Å². The molecule has 0 radical (unpaired) electrons. The molecule has 1 unspecified atom stereocenters. The van der Waals surface area contributed by atoms with Gasteiger partial charge in [-0.1, -0.05) is 30.3 Å². The Balaban J connectivity index is 2.98. The van der Waals surface area contributed by atoms with Crippen molar-refractivity contribution < 1.29 is 27.4 Å². The molecule has 0 aliphatic rings. The minimum Gasteiger partial charge on any atom is -0.468 e. The number of benzene rings is 1. The first-order valence-corrected chi connectivity index (χ1v) is 5.84. The van der Waals surface area contributed by atoms with E-state index >= 15 is 0 Å².